The first-order valence-corrected chi connectivity index (χ1v) is 9.25. The van der Waals surface area contributed by atoms with E-state index in [1.165, 1.54) is 0 Å². The number of nitriles is 1. The molecule has 5 rings (SSSR count). The number of ether oxygens (including phenoxy) is 1. The van der Waals surface area contributed by atoms with Crippen molar-refractivity contribution in [3.05, 3.63) is 81.5 Å². The average molecular weight is 414 g/mol. The number of carbonyl (C=O) groups is 2. The van der Waals surface area contributed by atoms with E-state index in [1.807, 2.05) is 6.07 Å². The maximum atomic E-state index is 13.9. The standard InChI is InChI=1S/C22H14N4O5/c23-9-13-19(25)31-18-11-5-1-4-8-15(11)30-20(28)17(18)22(13)12-6-2-3-7-14(12)26(21(22)29)10-16(24)27/h1-8H,10,25H2,(H2,24,27)/t22-/m0/s1. The van der Waals surface area contributed by atoms with E-state index in [0.29, 0.717) is 16.6 Å². The molecular weight excluding hydrogens is 400 g/mol. The number of carbonyl (C=O) groups excluding carboxylic acids is 2. The maximum absolute atomic E-state index is 13.9. The fourth-order valence-corrected chi connectivity index (χ4v) is 4.41. The molecule has 9 heteroatoms. The Bertz CT molecular complexity index is 1450. The van der Waals surface area contributed by atoms with Crippen LogP contribution in [0.1, 0.15) is 11.1 Å². The van der Waals surface area contributed by atoms with Crippen LogP contribution in [0, 0.1) is 11.3 Å². The lowest BCUT2D eigenvalue weighted by atomic mass is 9.69. The second kappa shape index (κ2) is 6.21. The molecule has 2 aliphatic heterocycles. The first-order valence-electron chi connectivity index (χ1n) is 9.25. The minimum atomic E-state index is -1.93. The highest BCUT2D eigenvalue weighted by atomic mass is 16.5. The van der Waals surface area contributed by atoms with E-state index in [-0.39, 0.29) is 28.4 Å². The van der Waals surface area contributed by atoms with Gasteiger partial charge in [-0.1, -0.05) is 30.3 Å². The van der Waals surface area contributed by atoms with Crippen molar-refractivity contribution in [2.45, 2.75) is 5.41 Å². The second-order valence-corrected chi connectivity index (χ2v) is 7.17. The molecule has 0 unspecified atom stereocenters. The zero-order chi connectivity index (χ0) is 21.9. The molecule has 0 radical (unpaired) electrons. The molecule has 2 amide bonds. The van der Waals surface area contributed by atoms with Crippen LogP contribution >= 0.6 is 0 Å². The third kappa shape index (κ3) is 2.21. The van der Waals surface area contributed by atoms with Gasteiger partial charge in [0.2, 0.25) is 17.7 Å². The smallest absolute Gasteiger partial charge is 0.345 e. The van der Waals surface area contributed by atoms with Gasteiger partial charge in [-0.05, 0) is 18.2 Å². The van der Waals surface area contributed by atoms with Gasteiger partial charge in [-0.25, -0.2) is 4.79 Å². The van der Waals surface area contributed by atoms with Crippen LogP contribution in [-0.2, 0) is 15.0 Å². The van der Waals surface area contributed by atoms with Crippen molar-refractivity contribution >= 4 is 28.5 Å². The number of nitrogens with zero attached hydrogens (tertiary/aromatic N) is 2. The summed E-state index contributed by atoms with van der Waals surface area (Å²) in [5.74, 6) is -1.74. The first kappa shape index (κ1) is 18.4. The van der Waals surface area contributed by atoms with Gasteiger partial charge in [0.1, 0.15) is 29.3 Å². The highest BCUT2D eigenvalue weighted by molar-refractivity contribution is 6.16. The summed E-state index contributed by atoms with van der Waals surface area (Å²) >= 11 is 0. The van der Waals surface area contributed by atoms with Crippen LogP contribution < -0.4 is 26.7 Å². The highest BCUT2D eigenvalue weighted by Crippen LogP contribution is 2.55. The molecule has 2 aliphatic rings. The van der Waals surface area contributed by atoms with Gasteiger partial charge >= 0.3 is 5.63 Å². The molecule has 152 valence electrons. The SMILES string of the molecule is N#CC1=C(N)Oc2c(c(=O)oc3ccccc23)[C@@]12C(=O)N(CC(N)=O)c1ccccc12. The summed E-state index contributed by atoms with van der Waals surface area (Å²) in [4.78, 5) is 39.9. The Labute approximate surface area is 174 Å². The minimum Gasteiger partial charge on any atom is -0.439 e. The molecule has 3 aromatic rings. The fraction of sp³-hybridized carbons (Fsp3) is 0.0909. The van der Waals surface area contributed by atoms with E-state index in [4.69, 9.17) is 20.6 Å². The van der Waals surface area contributed by atoms with Crippen LogP contribution in [0.5, 0.6) is 5.75 Å². The molecule has 0 saturated carbocycles. The fourth-order valence-electron chi connectivity index (χ4n) is 4.41. The second-order valence-electron chi connectivity index (χ2n) is 7.17. The van der Waals surface area contributed by atoms with Gasteiger partial charge in [-0.2, -0.15) is 5.26 Å². The van der Waals surface area contributed by atoms with Crippen molar-refractivity contribution in [3.63, 3.8) is 0 Å². The summed E-state index contributed by atoms with van der Waals surface area (Å²) in [6.07, 6.45) is 0. The topological polar surface area (TPSA) is 153 Å². The van der Waals surface area contributed by atoms with Gasteiger partial charge in [0, 0.05) is 11.3 Å². The third-order valence-corrected chi connectivity index (χ3v) is 5.56. The van der Waals surface area contributed by atoms with E-state index in [1.54, 1.807) is 48.5 Å². The molecule has 9 nitrogen and oxygen atoms in total. The van der Waals surface area contributed by atoms with Gasteiger partial charge in [0.15, 0.2) is 11.2 Å². The van der Waals surface area contributed by atoms with Crippen molar-refractivity contribution in [3.8, 4) is 11.8 Å². The summed E-state index contributed by atoms with van der Waals surface area (Å²) in [6, 6.07) is 15.1. The van der Waals surface area contributed by atoms with Crippen molar-refractivity contribution in [1.29, 1.82) is 5.26 Å². The Morgan fingerprint density at radius 3 is 2.58 bits per heavy atom. The van der Waals surface area contributed by atoms with Gasteiger partial charge in [-0.3, -0.25) is 9.59 Å². The highest BCUT2D eigenvalue weighted by Gasteiger charge is 2.61. The van der Waals surface area contributed by atoms with E-state index in [9.17, 15) is 19.6 Å². The first-order chi connectivity index (χ1) is 14.9. The van der Waals surface area contributed by atoms with E-state index in [0.717, 1.165) is 4.90 Å². The molecule has 1 aromatic heterocycles. The van der Waals surface area contributed by atoms with Crippen molar-refractivity contribution in [1.82, 2.24) is 0 Å². The molecule has 1 spiro atoms. The molecule has 0 fully saturated rings. The number of para-hydroxylation sites is 2. The lowest BCUT2D eigenvalue weighted by Gasteiger charge is -2.33. The summed E-state index contributed by atoms with van der Waals surface area (Å²) in [7, 11) is 0. The average Bonchev–Trinajstić information content (AvgIpc) is 2.97. The monoisotopic (exact) mass is 414 g/mol. The number of hydrogen-bond acceptors (Lipinski definition) is 7. The number of fused-ring (bicyclic) bond motifs is 6. The molecule has 2 aromatic carbocycles. The van der Waals surface area contributed by atoms with Crippen LogP contribution in [0.3, 0.4) is 0 Å². The zero-order valence-corrected chi connectivity index (χ0v) is 15.9. The van der Waals surface area contributed by atoms with Crippen molar-refractivity contribution in [2.24, 2.45) is 11.5 Å². The number of rotatable bonds is 2. The number of hydrogen-bond donors (Lipinski definition) is 2. The quantitative estimate of drug-likeness (QED) is 0.593. The summed E-state index contributed by atoms with van der Waals surface area (Å²) < 4.78 is 11.2. The molecule has 31 heavy (non-hydrogen) atoms. The van der Waals surface area contributed by atoms with Crippen LogP contribution in [0.4, 0.5) is 5.69 Å². The number of nitrogens with two attached hydrogens (primary N) is 2. The number of benzene rings is 2. The van der Waals surface area contributed by atoms with Crippen LogP contribution in [0.15, 0.2) is 69.2 Å². The van der Waals surface area contributed by atoms with Gasteiger partial charge in [0.25, 0.3) is 0 Å². The number of primary amides is 1. The Kier molecular flexibility index (Phi) is 3.69. The molecule has 1 atom stereocenters. The molecule has 0 bridgehead atoms. The zero-order valence-electron chi connectivity index (χ0n) is 15.9. The van der Waals surface area contributed by atoms with Crippen molar-refractivity contribution < 1.29 is 18.7 Å². The number of anilines is 1. The van der Waals surface area contributed by atoms with Crippen LogP contribution in [-0.4, -0.2) is 18.4 Å². The maximum Gasteiger partial charge on any atom is 0.345 e. The van der Waals surface area contributed by atoms with E-state index in [2.05, 4.69) is 0 Å². The molecular formula is C22H14N4O5. The lowest BCUT2D eigenvalue weighted by molar-refractivity contribution is -0.123. The molecule has 4 N–H and O–H groups in total. The van der Waals surface area contributed by atoms with Gasteiger partial charge < -0.3 is 25.5 Å². The lowest BCUT2D eigenvalue weighted by Crippen LogP contribution is -2.49. The third-order valence-electron chi connectivity index (χ3n) is 5.56. The Morgan fingerprint density at radius 2 is 1.84 bits per heavy atom. The summed E-state index contributed by atoms with van der Waals surface area (Å²) in [5, 5.41) is 10.4. The predicted octanol–water partition coefficient (Wildman–Crippen LogP) is 0.997. The summed E-state index contributed by atoms with van der Waals surface area (Å²) in [5.41, 5.74) is 9.16. The van der Waals surface area contributed by atoms with Gasteiger partial charge in [-0.15, -0.1) is 0 Å². The van der Waals surface area contributed by atoms with E-state index >= 15 is 0 Å². The van der Waals surface area contributed by atoms with Crippen LogP contribution in [0.2, 0.25) is 0 Å². The van der Waals surface area contributed by atoms with E-state index < -0.39 is 29.4 Å². The molecule has 0 saturated heterocycles. The molecule has 3 heterocycles. The normalized spacial score (nSPS) is 19.2. The Hall–Kier alpha value is -4.58. The minimum absolute atomic E-state index is 0.0347. The largest absolute Gasteiger partial charge is 0.439 e. The predicted molar refractivity (Wildman–Crippen MR) is 109 cm³/mol. The van der Waals surface area contributed by atoms with Gasteiger partial charge in [0.05, 0.1) is 5.39 Å². The number of amides is 2. The summed E-state index contributed by atoms with van der Waals surface area (Å²) in [6.45, 7) is -0.439. The Morgan fingerprint density at radius 1 is 1.13 bits per heavy atom. The van der Waals surface area contributed by atoms with Crippen molar-refractivity contribution in [2.75, 3.05) is 11.4 Å². The molecule has 0 aliphatic carbocycles. The Balaban J connectivity index is 1.97. The van der Waals surface area contributed by atoms with Crippen LogP contribution in [0.25, 0.3) is 11.0 Å².